The third-order valence-corrected chi connectivity index (χ3v) is 5.89. The van der Waals surface area contributed by atoms with Crippen LogP contribution in [0.5, 0.6) is 0 Å². The number of hydrogen-bond donors (Lipinski definition) is 0. The van der Waals surface area contributed by atoms with Gasteiger partial charge in [-0.05, 0) is 42.7 Å². The van der Waals surface area contributed by atoms with E-state index in [2.05, 4.69) is 18.8 Å². The van der Waals surface area contributed by atoms with Crippen molar-refractivity contribution < 1.29 is 4.79 Å². The summed E-state index contributed by atoms with van der Waals surface area (Å²) in [4.78, 5) is 20.0. The van der Waals surface area contributed by atoms with Crippen LogP contribution in [0.15, 0.2) is 54.7 Å². The number of rotatable bonds is 4. The summed E-state index contributed by atoms with van der Waals surface area (Å²) in [5, 5.41) is 1.74. The van der Waals surface area contributed by atoms with E-state index < -0.39 is 5.41 Å². The van der Waals surface area contributed by atoms with Gasteiger partial charge in [0.05, 0.1) is 28.5 Å². The molecular weight excluding hydrogens is 356 g/mol. The van der Waals surface area contributed by atoms with E-state index >= 15 is 0 Å². The van der Waals surface area contributed by atoms with E-state index in [1.54, 1.807) is 6.20 Å². The van der Waals surface area contributed by atoms with E-state index in [9.17, 15) is 4.79 Å². The molecular formula is C23H23ClN2O. The van der Waals surface area contributed by atoms with Crippen molar-refractivity contribution in [1.82, 2.24) is 4.98 Å². The lowest BCUT2D eigenvalue weighted by atomic mass is 9.74. The van der Waals surface area contributed by atoms with Gasteiger partial charge in [-0.2, -0.15) is 0 Å². The van der Waals surface area contributed by atoms with Gasteiger partial charge in [0.25, 0.3) is 0 Å². The van der Waals surface area contributed by atoms with E-state index in [0.29, 0.717) is 6.42 Å². The molecule has 1 aliphatic rings. The van der Waals surface area contributed by atoms with Gasteiger partial charge in [-0.1, -0.05) is 62.6 Å². The molecule has 2 aromatic carbocycles. The van der Waals surface area contributed by atoms with Crippen molar-refractivity contribution in [3.63, 3.8) is 0 Å². The number of fused-ring (bicyclic) bond motifs is 2. The number of para-hydroxylation sites is 1. The summed E-state index contributed by atoms with van der Waals surface area (Å²) in [6, 6.07) is 15.8. The molecule has 0 saturated carbocycles. The van der Waals surface area contributed by atoms with Crippen LogP contribution in [0.1, 0.15) is 38.7 Å². The average molecular weight is 379 g/mol. The molecule has 4 heteroatoms. The Morgan fingerprint density at radius 3 is 2.81 bits per heavy atom. The Labute approximate surface area is 165 Å². The Hall–Kier alpha value is -2.39. The number of carbonyl (C=O) groups is 1. The molecule has 0 radical (unpaired) electrons. The van der Waals surface area contributed by atoms with E-state index in [-0.39, 0.29) is 5.91 Å². The quantitative estimate of drug-likeness (QED) is 0.533. The van der Waals surface area contributed by atoms with Gasteiger partial charge in [0, 0.05) is 10.4 Å². The van der Waals surface area contributed by atoms with Gasteiger partial charge in [0.15, 0.2) is 0 Å². The van der Waals surface area contributed by atoms with Crippen LogP contribution in [-0.2, 0) is 11.2 Å². The van der Waals surface area contributed by atoms with Crippen molar-refractivity contribution in [1.29, 1.82) is 0 Å². The number of benzene rings is 2. The molecule has 1 amide bonds. The van der Waals surface area contributed by atoms with E-state index in [1.807, 2.05) is 53.4 Å². The number of amides is 1. The first-order chi connectivity index (χ1) is 13.0. The summed E-state index contributed by atoms with van der Waals surface area (Å²) >= 11 is 6.55. The molecule has 0 aliphatic carbocycles. The van der Waals surface area contributed by atoms with Crippen molar-refractivity contribution in [2.24, 2.45) is 5.41 Å². The van der Waals surface area contributed by atoms with Gasteiger partial charge < -0.3 is 0 Å². The van der Waals surface area contributed by atoms with Crippen LogP contribution in [0.3, 0.4) is 0 Å². The third kappa shape index (κ3) is 3.10. The Kier molecular flexibility index (Phi) is 4.65. The first-order valence-electron chi connectivity index (χ1n) is 9.50. The van der Waals surface area contributed by atoms with Crippen molar-refractivity contribution >= 4 is 39.8 Å². The second-order valence-corrected chi connectivity index (χ2v) is 8.01. The summed E-state index contributed by atoms with van der Waals surface area (Å²) in [7, 11) is 0. The molecule has 0 spiro atoms. The molecule has 1 aromatic heterocycles. The monoisotopic (exact) mass is 378 g/mol. The minimum atomic E-state index is -0.459. The minimum absolute atomic E-state index is 0.128. The van der Waals surface area contributed by atoms with Crippen LogP contribution in [0.25, 0.3) is 10.9 Å². The van der Waals surface area contributed by atoms with Gasteiger partial charge in [-0.25, -0.2) is 0 Å². The summed E-state index contributed by atoms with van der Waals surface area (Å²) in [6.07, 6.45) is 5.40. The maximum Gasteiger partial charge on any atom is 0.237 e. The van der Waals surface area contributed by atoms with Crippen molar-refractivity contribution in [3.8, 4) is 0 Å². The normalized spacial score (nSPS) is 19.4. The number of unbranched alkanes of at least 4 members (excludes halogenated alkanes) is 1. The van der Waals surface area contributed by atoms with Crippen LogP contribution in [0.4, 0.5) is 11.4 Å². The highest BCUT2D eigenvalue weighted by molar-refractivity contribution is 6.32. The molecule has 138 valence electrons. The van der Waals surface area contributed by atoms with Gasteiger partial charge >= 0.3 is 0 Å². The first-order valence-corrected chi connectivity index (χ1v) is 9.88. The lowest BCUT2D eigenvalue weighted by molar-refractivity contribution is -0.127. The fourth-order valence-electron chi connectivity index (χ4n) is 3.98. The predicted octanol–water partition coefficient (Wildman–Crippen LogP) is 6.31. The molecule has 4 rings (SSSR count). The summed E-state index contributed by atoms with van der Waals surface area (Å²) < 4.78 is 0. The van der Waals surface area contributed by atoms with Crippen LogP contribution in [0.2, 0.25) is 5.02 Å². The highest BCUT2D eigenvalue weighted by atomic mass is 35.5. The number of anilines is 2. The van der Waals surface area contributed by atoms with Crippen LogP contribution >= 0.6 is 11.6 Å². The van der Waals surface area contributed by atoms with E-state index in [4.69, 9.17) is 11.6 Å². The number of pyridine rings is 1. The second-order valence-electron chi connectivity index (χ2n) is 7.61. The summed E-state index contributed by atoms with van der Waals surface area (Å²) in [5.41, 5.74) is 3.18. The minimum Gasteiger partial charge on any atom is -0.279 e. The van der Waals surface area contributed by atoms with Gasteiger partial charge in [0.2, 0.25) is 5.91 Å². The Morgan fingerprint density at radius 2 is 2.00 bits per heavy atom. The molecule has 0 fully saturated rings. The molecule has 0 bridgehead atoms. The SMILES string of the molecule is CCCCC1(C)Cc2c(Cl)cccc2N(c2cnc3ccccc3c2)C1=O. The predicted molar refractivity (Wildman–Crippen MR) is 112 cm³/mol. The van der Waals surface area contributed by atoms with E-state index in [0.717, 1.165) is 52.1 Å². The Balaban J connectivity index is 1.88. The molecule has 3 aromatic rings. The molecule has 1 aliphatic heterocycles. The molecule has 27 heavy (non-hydrogen) atoms. The smallest absolute Gasteiger partial charge is 0.237 e. The Morgan fingerprint density at radius 1 is 1.19 bits per heavy atom. The number of hydrogen-bond acceptors (Lipinski definition) is 2. The summed E-state index contributed by atoms with van der Waals surface area (Å²) in [6.45, 7) is 4.22. The maximum absolute atomic E-state index is 13.6. The zero-order chi connectivity index (χ0) is 19.0. The number of nitrogens with zero attached hydrogens (tertiary/aromatic N) is 2. The molecule has 1 unspecified atom stereocenters. The average Bonchev–Trinajstić information content (AvgIpc) is 2.68. The maximum atomic E-state index is 13.6. The van der Waals surface area contributed by atoms with Gasteiger partial charge in [-0.15, -0.1) is 0 Å². The zero-order valence-electron chi connectivity index (χ0n) is 15.7. The number of carbonyl (C=O) groups excluding carboxylic acids is 1. The van der Waals surface area contributed by atoms with Crippen LogP contribution in [0, 0.1) is 5.41 Å². The first kappa shape index (κ1) is 18.0. The standard InChI is InChI=1S/C23H23ClN2O/c1-3-4-12-23(2)14-18-19(24)9-7-11-21(18)26(22(23)27)17-13-16-8-5-6-10-20(16)25-15-17/h5-11,13,15H,3-4,12,14H2,1-2H3. The fourth-order valence-corrected chi connectivity index (χ4v) is 4.21. The molecule has 2 heterocycles. The fraction of sp³-hybridized carbons (Fsp3) is 0.304. The lowest BCUT2D eigenvalue weighted by Crippen LogP contribution is -2.45. The van der Waals surface area contributed by atoms with Crippen LogP contribution < -0.4 is 4.90 Å². The zero-order valence-corrected chi connectivity index (χ0v) is 16.5. The second kappa shape index (κ2) is 6.97. The number of halogens is 1. The Bertz CT molecular complexity index is 1020. The molecule has 3 nitrogen and oxygen atoms in total. The topological polar surface area (TPSA) is 33.2 Å². The highest BCUT2D eigenvalue weighted by Crippen LogP contribution is 2.46. The van der Waals surface area contributed by atoms with Crippen LogP contribution in [-0.4, -0.2) is 10.9 Å². The largest absolute Gasteiger partial charge is 0.279 e. The summed E-state index contributed by atoms with van der Waals surface area (Å²) in [5.74, 6) is 0.128. The van der Waals surface area contributed by atoms with Gasteiger partial charge in [-0.3, -0.25) is 14.7 Å². The lowest BCUT2D eigenvalue weighted by Gasteiger charge is -2.41. The van der Waals surface area contributed by atoms with Crippen molar-refractivity contribution in [2.75, 3.05) is 4.90 Å². The molecule has 1 atom stereocenters. The van der Waals surface area contributed by atoms with Crippen molar-refractivity contribution in [2.45, 2.75) is 39.5 Å². The molecule has 0 N–H and O–H groups in total. The van der Waals surface area contributed by atoms with Gasteiger partial charge in [0.1, 0.15) is 0 Å². The van der Waals surface area contributed by atoms with Crippen molar-refractivity contribution in [3.05, 3.63) is 65.3 Å². The number of aromatic nitrogens is 1. The van der Waals surface area contributed by atoms with E-state index in [1.165, 1.54) is 0 Å². The third-order valence-electron chi connectivity index (χ3n) is 5.54. The molecule has 0 saturated heterocycles. The highest BCUT2D eigenvalue weighted by Gasteiger charge is 2.43.